The van der Waals surface area contributed by atoms with E-state index < -0.39 is 0 Å². The van der Waals surface area contributed by atoms with Gasteiger partial charge in [0.25, 0.3) is 11.1 Å². The number of unbranched alkanes of at least 4 members (excludes halogenated alkanes) is 23. The van der Waals surface area contributed by atoms with Crippen molar-refractivity contribution in [2.24, 2.45) is 0 Å². The van der Waals surface area contributed by atoms with Gasteiger partial charge in [-0.15, -0.1) is 0 Å². The summed E-state index contributed by atoms with van der Waals surface area (Å²) >= 11 is 10.2. The van der Waals surface area contributed by atoms with Gasteiger partial charge in [0.2, 0.25) is 0 Å². The highest BCUT2D eigenvalue weighted by Crippen LogP contribution is 2.16. The van der Waals surface area contributed by atoms with E-state index in [1.165, 1.54) is 141 Å². The highest BCUT2D eigenvalue weighted by molar-refractivity contribution is 7.71. The fourth-order valence-corrected chi connectivity index (χ4v) is 7.40. The van der Waals surface area contributed by atoms with Crippen LogP contribution in [0.25, 0.3) is 0 Å². The molecule has 0 atom stereocenters. The molecule has 2 rings (SSSR count). The zero-order valence-electron chi connectivity index (χ0n) is 33.7. The van der Waals surface area contributed by atoms with E-state index in [9.17, 15) is 9.59 Å². The first-order valence-electron chi connectivity index (χ1n) is 21.7. The molecule has 9 heteroatoms. The summed E-state index contributed by atoms with van der Waals surface area (Å²) in [7, 11) is 0. The van der Waals surface area contributed by atoms with Gasteiger partial charge < -0.3 is 15.1 Å². The Balaban J connectivity index is 0.000000520. The van der Waals surface area contributed by atoms with Gasteiger partial charge in [-0.25, -0.2) is 0 Å². The number of nitrogens with one attached hydrogen (secondary N) is 4. The number of hydrogen-bond donors (Lipinski definition) is 5. The molecular formula is C43H78N4O3S2. The lowest BCUT2D eigenvalue weighted by Gasteiger charge is -2.08. The van der Waals surface area contributed by atoms with Crippen LogP contribution in [0.5, 0.6) is 0 Å². The lowest BCUT2D eigenvalue weighted by atomic mass is 10.0. The molecule has 7 nitrogen and oxygen atoms in total. The monoisotopic (exact) mass is 763 g/mol. The Hall–Kier alpha value is -1.84. The van der Waals surface area contributed by atoms with Crippen molar-refractivity contribution >= 4 is 24.4 Å². The van der Waals surface area contributed by atoms with E-state index in [0.29, 0.717) is 22.4 Å². The van der Waals surface area contributed by atoms with Crippen LogP contribution in [0.1, 0.15) is 217 Å². The van der Waals surface area contributed by atoms with Crippen molar-refractivity contribution in [1.82, 2.24) is 19.9 Å². The molecule has 0 saturated carbocycles. The number of rotatable bonds is 32. The second-order valence-corrected chi connectivity index (χ2v) is 15.8. The van der Waals surface area contributed by atoms with Crippen molar-refractivity contribution in [2.45, 2.75) is 220 Å². The van der Waals surface area contributed by atoms with E-state index in [1.54, 1.807) is 0 Å². The Bertz CT molecular complexity index is 1260. The average Bonchev–Trinajstić information content (AvgIpc) is 3.12. The molecule has 0 aliphatic rings. The maximum Gasteiger partial charge on any atom is 0.255 e. The van der Waals surface area contributed by atoms with Gasteiger partial charge in [-0.3, -0.25) is 19.6 Å². The largest absolute Gasteiger partial charge is 0.396 e. The van der Waals surface area contributed by atoms with Crippen molar-refractivity contribution in [3.05, 3.63) is 52.8 Å². The first-order valence-corrected chi connectivity index (χ1v) is 22.5. The number of aryl methyl sites for hydroxylation is 2. The second kappa shape index (κ2) is 33.7. The van der Waals surface area contributed by atoms with Crippen LogP contribution < -0.4 is 11.1 Å². The van der Waals surface area contributed by atoms with Crippen molar-refractivity contribution in [3.8, 4) is 0 Å². The van der Waals surface area contributed by atoms with Gasteiger partial charge >= 0.3 is 0 Å². The van der Waals surface area contributed by atoms with Crippen LogP contribution in [0.15, 0.2) is 9.59 Å². The molecule has 0 amide bonds. The number of aliphatic hydroxyl groups is 1. The fourth-order valence-electron chi connectivity index (χ4n) is 6.97. The average molecular weight is 763 g/mol. The topological polar surface area (TPSA) is 118 Å². The van der Waals surface area contributed by atoms with E-state index in [0.717, 1.165) is 67.5 Å². The van der Waals surface area contributed by atoms with Crippen LogP contribution in [0, 0.1) is 9.54 Å². The molecule has 0 bridgehead atoms. The molecule has 0 aliphatic heterocycles. The summed E-state index contributed by atoms with van der Waals surface area (Å²) < 4.78 is 0.834. The zero-order chi connectivity index (χ0) is 38.1. The third kappa shape index (κ3) is 24.5. The van der Waals surface area contributed by atoms with Crippen LogP contribution >= 0.6 is 24.4 Å². The highest BCUT2D eigenvalue weighted by Gasteiger charge is 2.09. The van der Waals surface area contributed by atoms with Gasteiger partial charge in [0, 0.05) is 29.1 Å². The lowest BCUT2D eigenvalue weighted by Crippen LogP contribution is -2.18. The minimum absolute atomic E-state index is 0.0166. The third-order valence-corrected chi connectivity index (χ3v) is 10.6. The normalized spacial score (nSPS) is 11.2. The van der Waals surface area contributed by atoms with Gasteiger partial charge in [-0.2, -0.15) is 0 Å². The number of H-pyrrole nitrogens is 4. The summed E-state index contributed by atoms with van der Waals surface area (Å²) in [5, 5.41) is 9.02. The van der Waals surface area contributed by atoms with E-state index in [4.69, 9.17) is 29.5 Å². The second-order valence-electron chi connectivity index (χ2n) is 14.9. The molecule has 2 aromatic rings. The minimum Gasteiger partial charge on any atom is -0.396 e. The first kappa shape index (κ1) is 48.2. The maximum atomic E-state index is 12.2. The van der Waals surface area contributed by atoms with Crippen LogP contribution in [-0.4, -0.2) is 31.6 Å². The predicted octanol–water partition coefficient (Wildman–Crippen LogP) is 12.6. The Morgan fingerprint density at radius 1 is 0.385 bits per heavy atom. The molecular weight excluding hydrogens is 685 g/mol. The predicted molar refractivity (Wildman–Crippen MR) is 228 cm³/mol. The van der Waals surface area contributed by atoms with Crippen LogP contribution in [0.4, 0.5) is 0 Å². The van der Waals surface area contributed by atoms with Gasteiger partial charge in [0.05, 0.1) is 0 Å². The summed E-state index contributed by atoms with van der Waals surface area (Å²) in [6.07, 6.45) is 38.0. The van der Waals surface area contributed by atoms with Gasteiger partial charge in [-0.05, 0) is 75.8 Å². The van der Waals surface area contributed by atoms with Crippen molar-refractivity contribution in [1.29, 1.82) is 0 Å². The van der Waals surface area contributed by atoms with Gasteiger partial charge in [0.15, 0.2) is 9.54 Å². The molecule has 0 aromatic carbocycles. The molecule has 2 aromatic heterocycles. The molecule has 2 heterocycles. The Labute approximate surface area is 327 Å². The van der Waals surface area contributed by atoms with Crippen molar-refractivity contribution < 1.29 is 5.11 Å². The zero-order valence-corrected chi connectivity index (χ0v) is 35.3. The summed E-state index contributed by atoms with van der Waals surface area (Å²) in [6.45, 7) is 6.84. The molecule has 0 saturated heterocycles. The maximum absolute atomic E-state index is 12.2. The standard InChI is InChI=1S/C22H40N2OS.C21H38N2O2S/c1-3-5-7-8-9-10-11-12-13-14-15-16-17-19-20(18-6-4-2)23-22(26)24-21(19)25;1-2-3-4-5-6-7-8-9-10-11-12-13-15-18-19(16-14-17-24)22-21(26)23-20(18)25/h3-18H2,1-2H3,(H2,23,24,25,26);24H,2-17H2,1H3,(H2,22,23,25,26). The first-order chi connectivity index (χ1) is 25.4. The number of aliphatic hydroxyl groups excluding tert-OH is 1. The molecule has 0 spiro atoms. The fraction of sp³-hybridized carbons (Fsp3) is 0.814. The summed E-state index contributed by atoms with van der Waals surface area (Å²) in [6, 6.07) is 0. The van der Waals surface area contributed by atoms with Gasteiger partial charge in [0.1, 0.15) is 0 Å². The summed E-state index contributed by atoms with van der Waals surface area (Å²) in [5.41, 5.74) is 3.66. The minimum atomic E-state index is -0.0650. The Morgan fingerprint density at radius 2 is 0.673 bits per heavy atom. The van der Waals surface area contributed by atoms with Crippen LogP contribution in [-0.2, 0) is 25.7 Å². The molecule has 0 aliphatic carbocycles. The van der Waals surface area contributed by atoms with E-state index in [-0.39, 0.29) is 17.7 Å². The molecule has 52 heavy (non-hydrogen) atoms. The highest BCUT2D eigenvalue weighted by atomic mass is 32.1. The van der Waals surface area contributed by atoms with Crippen LogP contribution in [0.3, 0.4) is 0 Å². The number of hydrogen-bond acceptors (Lipinski definition) is 5. The molecule has 0 fully saturated rings. The van der Waals surface area contributed by atoms with E-state index >= 15 is 0 Å². The SMILES string of the molecule is CCCCCCCCCCCCCCc1c(CCCC)[nH]c(=S)[nH]c1=O.CCCCCCCCCCCCCCc1c(CCCO)[nH]c(=S)[nH]c1=O. The molecule has 5 N–H and O–H groups in total. The van der Waals surface area contributed by atoms with Crippen molar-refractivity contribution in [2.75, 3.05) is 6.61 Å². The third-order valence-electron chi connectivity index (χ3n) is 10.2. The van der Waals surface area contributed by atoms with Crippen LogP contribution in [0.2, 0.25) is 0 Å². The molecule has 0 unspecified atom stereocenters. The summed E-state index contributed by atoms with van der Waals surface area (Å²) in [4.78, 5) is 36.1. The number of aromatic amines is 4. The Morgan fingerprint density at radius 3 is 0.981 bits per heavy atom. The lowest BCUT2D eigenvalue weighted by molar-refractivity contribution is 0.288. The van der Waals surface area contributed by atoms with E-state index in [2.05, 4.69) is 40.7 Å². The van der Waals surface area contributed by atoms with Gasteiger partial charge in [-0.1, -0.05) is 168 Å². The summed E-state index contributed by atoms with van der Waals surface area (Å²) in [5.74, 6) is 0. The van der Waals surface area contributed by atoms with Crippen molar-refractivity contribution in [3.63, 3.8) is 0 Å². The van der Waals surface area contributed by atoms with E-state index in [1.807, 2.05) is 0 Å². The smallest absolute Gasteiger partial charge is 0.255 e. The molecule has 300 valence electrons. The Kier molecular flexibility index (Phi) is 31.2. The molecule has 0 radical (unpaired) electrons. The quantitative estimate of drug-likeness (QED) is 0.0376. The number of aromatic nitrogens is 4.